The van der Waals surface area contributed by atoms with Gasteiger partial charge in [0.05, 0.1) is 0 Å². The molecule has 3 N–H and O–H groups in total. The van der Waals surface area contributed by atoms with E-state index in [0.29, 0.717) is 18.2 Å². The SMILES string of the molecule is CCn1c(Sc2cc(Br)ccc2CCN)n[nH]c1=O. The largest absolute Gasteiger partial charge is 0.343 e. The van der Waals surface area contributed by atoms with Gasteiger partial charge in [0, 0.05) is 15.9 Å². The Hall–Kier alpha value is -1.05. The van der Waals surface area contributed by atoms with E-state index in [9.17, 15) is 4.79 Å². The molecule has 1 aromatic heterocycles. The fourth-order valence-electron chi connectivity index (χ4n) is 1.74. The van der Waals surface area contributed by atoms with Crippen LogP contribution in [-0.2, 0) is 13.0 Å². The minimum absolute atomic E-state index is 0.180. The summed E-state index contributed by atoms with van der Waals surface area (Å²) in [6, 6.07) is 6.06. The number of halogens is 1. The Morgan fingerprint density at radius 3 is 3.00 bits per heavy atom. The van der Waals surface area contributed by atoms with Gasteiger partial charge in [-0.05, 0) is 49.3 Å². The maximum Gasteiger partial charge on any atom is 0.343 e. The van der Waals surface area contributed by atoms with E-state index in [2.05, 4.69) is 26.1 Å². The predicted molar refractivity (Wildman–Crippen MR) is 79.5 cm³/mol. The van der Waals surface area contributed by atoms with Crippen LogP contribution in [0.5, 0.6) is 0 Å². The van der Waals surface area contributed by atoms with Crippen molar-refractivity contribution >= 4 is 27.7 Å². The zero-order chi connectivity index (χ0) is 13.8. The van der Waals surface area contributed by atoms with Gasteiger partial charge in [0.1, 0.15) is 0 Å². The molecular formula is C12H15BrN4OS. The second-order valence-corrected chi connectivity index (χ2v) is 5.87. The van der Waals surface area contributed by atoms with Gasteiger partial charge in [-0.25, -0.2) is 9.89 Å². The average Bonchev–Trinajstić information content (AvgIpc) is 2.73. The lowest BCUT2D eigenvalue weighted by atomic mass is 10.1. The normalized spacial score (nSPS) is 10.9. The number of hydrogen-bond donors (Lipinski definition) is 2. The number of aromatic nitrogens is 3. The van der Waals surface area contributed by atoms with E-state index in [1.165, 1.54) is 11.8 Å². The summed E-state index contributed by atoms with van der Waals surface area (Å²) in [4.78, 5) is 12.6. The highest BCUT2D eigenvalue weighted by molar-refractivity contribution is 9.10. The van der Waals surface area contributed by atoms with Crippen molar-refractivity contribution in [3.63, 3.8) is 0 Å². The van der Waals surface area contributed by atoms with Crippen molar-refractivity contribution in [3.8, 4) is 0 Å². The maximum absolute atomic E-state index is 11.5. The zero-order valence-corrected chi connectivity index (χ0v) is 12.9. The van der Waals surface area contributed by atoms with Crippen LogP contribution in [0.2, 0.25) is 0 Å². The third kappa shape index (κ3) is 3.29. The first-order valence-corrected chi connectivity index (χ1v) is 7.58. The van der Waals surface area contributed by atoms with Crippen molar-refractivity contribution in [2.24, 2.45) is 5.73 Å². The second-order valence-electron chi connectivity index (χ2n) is 3.95. The van der Waals surface area contributed by atoms with Crippen LogP contribution >= 0.6 is 27.7 Å². The Labute approximate surface area is 123 Å². The van der Waals surface area contributed by atoms with Crippen molar-refractivity contribution in [2.45, 2.75) is 29.9 Å². The monoisotopic (exact) mass is 342 g/mol. The first-order valence-electron chi connectivity index (χ1n) is 5.97. The number of benzene rings is 1. The average molecular weight is 343 g/mol. The Kier molecular flexibility index (Phi) is 4.84. The Bertz CT molecular complexity index is 622. The lowest BCUT2D eigenvalue weighted by Crippen LogP contribution is -2.16. The highest BCUT2D eigenvalue weighted by atomic mass is 79.9. The van der Waals surface area contributed by atoms with Crippen molar-refractivity contribution in [1.82, 2.24) is 14.8 Å². The van der Waals surface area contributed by atoms with Crippen LogP contribution in [0.4, 0.5) is 0 Å². The predicted octanol–water partition coefficient (Wildman–Crippen LogP) is 2.01. The molecule has 2 aromatic rings. The van der Waals surface area contributed by atoms with Gasteiger partial charge < -0.3 is 5.73 Å². The van der Waals surface area contributed by atoms with Gasteiger partial charge in [-0.2, -0.15) is 0 Å². The van der Waals surface area contributed by atoms with Crippen molar-refractivity contribution < 1.29 is 0 Å². The van der Waals surface area contributed by atoms with Gasteiger partial charge in [-0.3, -0.25) is 4.57 Å². The van der Waals surface area contributed by atoms with Gasteiger partial charge >= 0.3 is 5.69 Å². The number of H-pyrrole nitrogens is 1. The van der Waals surface area contributed by atoms with Gasteiger partial charge in [0.2, 0.25) is 0 Å². The van der Waals surface area contributed by atoms with Crippen LogP contribution in [0.1, 0.15) is 12.5 Å². The van der Waals surface area contributed by atoms with E-state index in [0.717, 1.165) is 21.4 Å². The summed E-state index contributed by atoms with van der Waals surface area (Å²) >= 11 is 4.94. The third-order valence-corrected chi connectivity index (χ3v) is 4.27. The number of rotatable bonds is 5. The summed E-state index contributed by atoms with van der Waals surface area (Å²) in [5.74, 6) is 0. The summed E-state index contributed by atoms with van der Waals surface area (Å²) in [5.41, 5.74) is 6.60. The molecule has 0 saturated carbocycles. The molecule has 0 radical (unpaired) electrons. The number of nitrogens with one attached hydrogen (secondary N) is 1. The molecule has 0 fully saturated rings. The molecule has 2 rings (SSSR count). The minimum atomic E-state index is -0.180. The lowest BCUT2D eigenvalue weighted by molar-refractivity contribution is 0.660. The number of hydrogen-bond acceptors (Lipinski definition) is 4. The van der Waals surface area contributed by atoms with E-state index in [1.807, 2.05) is 25.1 Å². The van der Waals surface area contributed by atoms with Crippen LogP contribution in [0.3, 0.4) is 0 Å². The molecule has 0 aliphatic carbocycles. The Balaban J connectivity index is 2.36. The molecule has 0 spiro atoms. The fourth-order valence-corrected chi connectivity index (χ4v) is 3.35. The van der Waals surface area contributed by atoms with Crippen LogP contribution in [-0.4, -0.2) is 21.3 Å². The first kappa shape index (κ1) is 14.4. The molecule has 0 atom stereocenters. The number of nitrogens with zero attached hydrogens (tertiary/aromatic N) is 2. The highest BCUT2D eigenvalue weighted by Gasteiger charge is 2.11. The molecule has 1 aromatic carbocycles. The molecule has 0 amide bonds. The van der Waals surface area contributed by atoms with Gasteiger partial charge in [-0.1, -0.05) is 22.0 Å². The summed E-state index contributed by atoms with van der Waals surface area (Å²) in [6.07, 6.45) is 0.802. The standard InChI is InChI=1S/C12H15BrN4OS/c1-2-17-11(18)15-16-12(17)19-10-7-9(13)4-3-8(10)5-6-14/h3-4,7H,2,5-6,14H2,1H3,(H,15,18). The Morgan fingerprint density at radius 2 is 2.32 bits per heavy atom. The third-order valence-electron chi connectivity index (χ3n) is 2.68. The summed E-state index contributed by atoms with van der Waals surface area (Å²) in [6.45, 7) is 3.11. The minimum Gasteiger partial charge on any atom is -0.330 e. The van der Waals surface area contributed by atoms with Crippen LogP contribution in [0, 0.1) is 0 Å². The fraction of sp³-hybridized carbons (Fsp3) is 0.333. The van der Waals surface area contributed by atoms with Crippen molar-refractivity contribution in [2.75, 3.05) is 6.54 Å². The van der Waals surface area contributed by atoms with Gasteiger partial charge in [-0.15, -0.1) is 5.10 Å². The summed E-state index contributed by atoms with van der Waals surface area (Å²) in [5, 5.41) is 7.20. The van der Waals surface area contributed by atoms with Gasteiger partial charge in [0.15, 0.2) is 5.16 Å². The Morgan fingerprint density at radius 1 is 1.53 bits per heavy atom. The number of aromatic amines is 1. The summed E-state index contributed by atoms with van der Waals surface area (Å²) in [7, 11) is 0. The molecule has 0 aliphatic heterocycles. The van der Waals surface area contributed by atoms with E-state index in [-0.39, 0.29) is 5.69 Å². The first-order chi connectivity index (χ1) is 9.15. The van der Waals surface area contributed by atoms with E-state index >= 15 is 0 Å². The topological polar surface area (TPSA) is 76.7 Å². The molecule has 102 valence electrons. The maximum atomic E-state index is 11.5. The molecule has 5 nitrogen and oxygen atoms in total. The molecule has 7 heteroatoms. The van der Waals surface area contributed by atoms with E-state index in [1.54, 1.807) is 4.57 Å². The number of nitrogens with two attached hydrogens (primary N) is 1. The van der Waals surface area contributed by atoms with Crippen LogP contribution in [0.25, 0.3) is 0 Å². The van der Waals surface area contributed by atoms with E-state index < -0.39 is 0 Å². The molecular weight excluding hydrogens is 328 g/mol. The molecule has 0 saturated heterocycles. The van der Waals surface area contributed by atoms with Crippen LogP contribution < -0.4 is 11.4 Å². The molecule has 1 heterocycles. The molecule has 0 aliphatic rings. The molecule has 19 heavy (non-hydrogen) atoms. The van der Waals surface area contributed by atoms with Crippen LogP contribution in [0.15, 0.2) is 37.5 Å². The molecule has 0 unspecified atom stereocenters. The summed E-state index contributed by atoms with van der Waals surface area (Å²) < 4.78 is 2.61. The zero-order valence-electron chi connectivity index (χ0n) is 10.5. The van der Waals surface area contributed by atoms with Crippen molar-refractivity contribution in [1.29, 1.82) is 0 Å². The lowest BCUT2D eigenvalue weighted by Gasteiger charge is -2.08. The molecule has 0 bridgehead atoms. The highest BCUT2D eigenvalue weighted by Crippen LogP contribution is 2.31. The second kappa shape index (κ2) is 6.40. The van der Waals surface area contributed by atoms with Gasteiger partial charge in [0.25, 0.3) is 0 Å². The van der Waals surface area contributed by atoms with Crippen molar-refractivity contribution in [3.05, 3.63) is 38.7 Å². The quantitative estimate of drug-likeness (QED) is 0.871. The van der Waals surface area contributed by atoms with E-state index in [4.69, 9.17) is 5.73 Å². The smallest absolute Gasteiger partial charge is 0.330 e.